The second-order valence-corrected chi connectivity index (χ2v) is 6.00. The van der Waals surface area contributed by atoms with Gasteiger partial charge in [-0.25, -0.2) is 4.79 Å². The molecule has 94 valence electrons. The highest BCUT2D eigenvalue weighted by Crippen LogP contribution is 2.59. The highest BCUT2D eigenvalue weighted by molar-refractivity contribution is 5.82. The molecule has 4 bridgehead atoms. The number of hydrogen-bond acceptors (Lipinski definition) is 3. The van der Waals surface area contributed by atoms with E-state index in [9.17, 15) is 14.7 Å². The van der Waals surface area contributed by atoms with Crippen LogP contribution in [0.2, 0.25) is 0 Å². The fourth-order valence-electron chi connectivity index (χ4n) is 4.68. The maximum absolute atomic E-state index is 11.7. The molecular formula is C13H18O4. The Labute approximate surface area is 100 Å². The minimum absolute atomic E-state index is 0.0418. The van der Waals surface area contributed by atoms with Crippen molar-refractivity contribution in [2.45, 2.75) is 44.6 Å². The predicted octanol–water partition coefficient (Wildman–Crippen LogP) is 1.83. The molecule has 17 heavy (non-hydrogen) atoms. The van der Waals surface area contributed by atoms with Gasteiger partial charge in [-0.05, 0) is 43.9 Å². The molecule has 0 saturated heterocycles. The third-order valence-corrected chi connectivity index (χ3v) is 5.00. The lowest BCUT2D eigenvalue weighted by atomic mass is 9.49. The van der Waals surface area contributed by atoms with Crippen LogP contribution in [-0.4, -0.2) is 22.6 Å². The zero-order valence-corrected chi connectivity index (χ0v) is 10.0. The molecule has 4 nitrogen and oxygen atoms in total. The highest BCUT2D eigenvalue weighted by atomic mass is 16.6. The van der Waals surface area contributed by atoms with Crippen LogP contribution < -0.4 is 0 Å². The minimum atomic E-state index is -1.21. The van der Waals surface area contributed by atoms with Crippen LogP contribution in [0.25, 0.3) is 0 Å². The Morgan fingerprint density at radius 3 is 1.88 bits per heavy atom. The van der Waals surface area contributed by atoms with Crippen LogP contribution in [0.5, 0.6) is 0 Å². The van der Waals surface area contributed by atoms with E-state index in [1.54, 1.807) is 0 Å². The number of carboxylic acids is 1. The lowest BCUT2D eigenvalue weighted by Gasteiger charge is -2.57. The fourth-order valence-corrected chi connectivity index (χ4v) is 4.68. The summed E-state index contributed by atoms with van der Waals surface area (Å²) in [6.45, 7) is 1.32. The van der Waals surface area contributed by atoms with Crippen molar-refractivity contribution >= 4 is 11.9 Å². The van der Waals surface area contributed by atoms with Gasteiger partial charge in [0, 0.05) is 18.8 Å². The van der Waals surface area contributed by atoms with Gasteiger partial charge < -0.3 is 9.84 Å². The summed E-state index contributed by atoms with van der Waals surface area (Å²) < 4.78 is 5.34. The van der Waals surface area contributed by atoms with Gasteiger partial charge in [0.05, 0.1) is 0 Å². The van der Waals surface area contributed by atoms with E-state index in [4.69, 9.17) is 4.74 Å². The van der Waals surface area contributed by atoms with E-state index < -0.39 is 17.5 Å². The van der Waals surface area contributed by atoms with Crippen molar-refractivity contribution in [3.63, 3.8) is 0 Å². The molecule has 0 atom stereocenters. The molecule has 4 aliphatic rings. The molecule has 0 aromatic heterocycles. The fraction of sp³-hybridized carbons (Fsp3) is 0.846. The average Bonchev–Trinajstić information content (AvgIpc) is 2.21. The van der Waals surface area contributed by atoms with E-state index >= 15 is 0 Å². The van der Waals surface area contributed by atoms with Gasteiger partial charge in [-0.2, -0.15) is 0 Å². The number of carbonyl (C=O) groups excluding carboxylic acids is 1. The summed E-state index contributed by atoms with van der Waals surface area (Å²) >= 11 is 0. The first kappa shape index (κ1) is 11.1. The van der Waals surface area contributed by atoms with Gasteiger partial charge in [0.15, 0.2) is 0 Å². The van der Waals surface area contributed by atoms with Gasteiger partial charge in [-0.3, -0.25) is 4.79 Å². The summed E-state index contributed by atoms with van der Waals surface area (Å²) in [5, 5.41) is 9.57. The van der Waals surface area contributed by atoms with Crippen LogP contribution in [0.1, 0.15) is 39.0 Å². The second-order valence-electron chi connectivity index (χ2n) is 6.00. The molecule has 4 fully saturated rings. The number of esters is 1. The summed E-state index contributed by atoms with van der Waals surface area (Å²) in [6, 6.07) is 0. The smallest absolute Gasteiger partial charge is 0.348 e. The molecule has 0 aliphatic heterocycles. The number of carbonyl (C=O) groups is 2. The maximum Gasteiger partial charge on any atom is 0.348 e. The van der Waals surface area contributed by atoms with Gasteiger partial charge >= 0.3 is 11.9 Å². The Morgan fingerprint density at radius 2 is 1.53 bits per heavy atom. The molecule has 4 heteroatoms. The largest absolute Gasteiger partial charge is 0.478 e. The summed E-state index contributed by atoms with van der Waals surface area (Å²) in [4.78, 5) is 22.9. The number of ether oxygens (including phenoxy) is 1. The molecule has 0 heterocycles. The SMILES string of the molecule is CC(=O)OC1(C(=O)O)C2CC3CC(C2)CC1C3. The molecule has 0 aromatic rings. The van der Waals surface area contributed by atoms with Crippen molar-refractivity contribution in [2.75, 3.05) is 0 Å². The van der Waals surface area contributed by atoms with Gasteiger partial charge in [0.2, 0.25) is 5.60 Å². The molecule has 4 rings (SSSR count). The number of rotatable bonds is 2. The number of carboxylic acid groups (broad SMARTS) is 1. The Hall–Kier alpha value is -1.06. The molecule has 0 spiro atoms. The van der Waals surface area contributed by atoms with Crippen LogP contribution in [0, 0.1) is 23.7 Å². The van der Waals surface area contributed by atoms with Crippen molar-refractivity contribution in [3.05, 3.63) is 0 Å². The molecule has 0 unspecified atom stereocenters. The summed E-state index contributed by atoms with van der Waals surface area (Å²) in [5.41, 5.74) is -1.21. The maximum atomic E-state index is 11.7. The Kier molecular flexibility index (Phi) is 2.25. The van der Waals surface area contributed by atoms with Gasteiger partial charge in [0.1, 0.15) is 0 Å². The zero-order chi connectivity index (χ0) is 12.2. The van der Waals surface area contributed by atoms with E-state index in [-0.39, 0.29) is 11.8 Å². The van der Waals surface area contributed by atoms with Gasteiger partial charge in [0.25, 0.3) is 0 Å². The minimum Gasteiger partial charge on any atom is -0.478 e. The van der Waals surface area contributed by atoms with Crippen LogP contribution in [0.3, 0.4) is 0 Å². The van der Waals surface area contributed by atoms with Crippen molar-refractivity contribution in [2.24, 2.45) is 23.7 Å². The van der Waals surface area contributed by atoms with Crippen LogP contribution >= 0.6 is 0 Å². The predicted molar refractivity (Wildman–Crippen MR) is 59.2 cm³/mol. The third-order valence-electron chi connectivity index (χ3n) is 5.00. The number of hydrogen-bond donors (Lipinski definition) is 1. The summed E-state index contributed by atoms with van der Waals surface area (Å²) in [5.74, 6) is 0.0303. The topological polar surface area (TPSA) is 63.6 Å². The van der Waals surface area contributed by atoms with E-state index in [0.717, 1.165) is 25.7 Å². The van der Waals surface area contributed by atoms with Gasteiger partial charge in [-0.15, -0.1) is 0 Å². The van der Waals surface area contributed by atoms with Crippen LogP contribution in [0.15, 0.2) is 0 Å². The lowest BCUT2D eigenvalue weighted by Crippen LogP contribution is -2.63. The van der Waals surface area contributed by atoms with Crippen molar-refractivity contribution in [1.82, 2.24) is 0 Å². The molecule has 0 amide bonds. The van der Waals surface area contributed by atoms with Crippen molar-refractivity contribution in [1.29, 1.82) is 0 Å². The Morgan fingerprint density at radius 1 is 1.06 bits per heavy atom. The molecular weight excluding hydrogens is 220 g/mol. The normalized spacial score (nSPS) is 46.9. The standard InChI is InChI=1S/C13H18O4/c1-7(14)17-13(12(15)16)10-3-8-2-9(5-10)6-11(13)4-8/h8-11H,2-6H2,1H3,(H,15,16). The molecule has 1 N–H and O–H groups in total. The van der Waals surface area contributed by atoms with E-state index in [1.165, 1.54) is 13.3 Å². The zero-order valence-electron chi connectivity index (χ0n) is 10.0. The monoisotopic (exact) mass is 238 g/mol. The number of aliphatic carboxylic acids is 1. The quantitative estimate of drug-likeness (QED) is 0.745. The van der Waals surface area contributed by atoms with E-state index in [2.05, 4.69) is 0 Å². The molecule has 0 radical (unpaired) electrons. The highest BCUT2D eigenvalue weighted by Gasteiger charge is 2.63. The first-order valence-corrected chi connectivity index (χ1v) is 6.45. The van der Waals surface area contributed by atoms with Gasteiger partial charge in [-0.1, -0.05) is 0 Å². The Balaban J connectivity index is 1.98. The molecule has 0 aromatic carbocycles. The van der Waals surface area contributed by atoms with Crippen LogP contribution in [-0.2, 0) is 14.3 Å². The van der Waals surface area contributed by atoms with Crippen LogP contribution in [0.4, 0.5) is 0 Å². The lowest BCUT2D eigenvalue weighted by molar-refractivity contribution is -0.220. The van der Waals surface area contributed by atoms with Crippen molar-refractivity contribution in [3.8, 4) is 0 Å². The second kappa shape index (κ2) is 3.47. The average molecular weight is 238 g/mol. The summed E-state index contributed by atoms with van der Waals surface area (Å²) in [7, 11) is 0. The first-order valence-electron chi connectivity index (χ1n) is 6.45. The third kappa shape index (κ3) is 1.42. The summed E-state index contributed by atoms with van der Waals surface area (Å²) in [6.07, 6.45) is 4.95. The van der Waals surface area contributed by atoms with E-state index in [0.29, 0.717) is 11.8 Å². The van der Waals surface area contributed by atoms with E-state index in [1.807, 2.05) is 0 Å². The molecule has 4 saturated carbocycles. The van der Waals surface area contributed by atoms with Crippen molar-refractivity contribution < 1.29 is 19.4 Å². The Bertz CT molecular complexity index is 346. The first-order chi connectivity index (χ1) is 8.02. The molecule has 4 aliphatic carbocycles.